The van der Waals surface area contributed by atoms with E-state index < -0.39 is 0 Å². The number of hydrogen-bond acceptors (Lipinski definition) is 3. The molecule has 3 rings (SSSR count). The topological polar surface area (TPSA) is 34.5 Å². The molecule has 0 bridgehead atoms. The van der Waals surface area contributed by atoms with Gasteiger partial charge in [-0.25, -0.2) is 4.98 Å². The van der Waals surface area contributed by atoms with E-state index in [9.17, 15) is 0 Å². The number of pyridine rings is 1. The summed E-state index contributed by atoms with van der Waals surface area (Å²) in [5.41, 5.74) is 5.84. The molecule has 0 unspecified atom stereocenters. The summed E-state index contributed by atoms with van der Waals surface area (Å²) < 4.78 is 0. The van der Waals surface area contributed by atoms with Gasteiger partial charge in [0.1, 0.15) is 12.8 Å². The lowest BCUT2D eigenvalue weighted by molar-refractivity contribution is 0.213. The van der Waals surface area contributed by atoms with Crippen LogP contribution in [0.25, 0.3) is 22.4 Å². The number of oxime groups is 1. The Balaban J connectivity index is 2.19. The third kappa shape index (κ3) is 3.29. The molecular weight excluding hydrogens is 284 g/mol. The van der Waals surface area contributed by atoms with Gasteiger partial charge in [-0.1, -0.05) is 65.8 Å². The lowest BCUT2D eigenvalue weighted by Crippen LogP contribution is -2.02. The molecule has 0 aliphatic carbocycles. The zero-order valence-electron chi connectivity index (χ0n) is 13.2. The first-order chi connectivity index (χ1) is 11.3. The fourth-order valence-corrected chi connectivity index (χ4v) is 2.51. The van der Waals surface area contributed by atoms with E-state index in [2.05, 4.69) is 35.5 Å². The van der Waals surface area contributed by atoms with Crippen molar-refractivity contribution in [2.24, 2.45) is 5.16 Å². The maximum atomic E-state index is 4.87. The second kappa shape index (κ2) is 6.88. The van der Waals surface area contributed by atoms with Crippen LogP contribution >= 0.6 is 0 Å². The first-order valence-electron chi connectivity index (χ1n) is 7.49. The summed E-state index contributed by atoms with van der Waals surface area (Å²) in [5.74, 6) is 0. The van der Waals surface area contributed by atoms with Crippen molar-refractivity contribution in [1.29, 1.82) is 0 Å². The van der Waals surface area contributed by atoms with Crippen molar-refractivity contribution < 1.29 is 4.84 Å². The molecule has 1 aromatic heterocycles. The van der Waals surface area contributed by atoms with Crippen LogP contribution in [0.1, 0.15) is 12.6 Å². The van der Waals surface area contributed by atoms with Crippen LogP contribution in [-0.4, -0.2) is 17.8 Å². The highest BCUT2D eigenvalue weighted by atomic mass is 16.6. The molecule has 0 aliphatic heterocycles. The zero-order chi connectivity index (χ0) is 16.1. The molecule has 0 fully saturated rings. The van der Waals surface area contributed by atoms with Gasteiger partial charge in [0.15, 0.2) is 0 Å². The van der Waals surface area contributed by atoms with Crippen molar-refractivity contribution in [1.82, 2.24) is 4.98 Å². The van der Waals surface area contributed by atoms with E-state index in [0.717, 1.165) is 33.8 Å². The quantitative estimate of drug-likeness (QED) is 0.513. The van der Waals surface area contributed by atoms with E-state index in [4.69, 9.17) is 9.82 Å². The van der Waals surface area contributed by atoms with Gasteiger partial charge in [-0.15, -0.1) is 0 Å². The van der Waals surface area contributed by atoms with Crippen LogP contribution in [0.3, 0.4) is 0 Å². The Morgan fingerprint density at radius 3 is 2.04 bits per heavy atom. The van der Waals surface area contributed by atoms with E-state index in [0.29, 0.717) is 0 Å². The highest BCUT2D eigenvalue weighted by Crippen LogP contribution is 2.30. The maximum Gasteiger partial charge on any atom is 0.106 e. The predicted octanol–water partition coefficient (Wildman–Crippen LogP) is 4.79. The molecular formula is C20H18N2O. The lowest BCUT2D eigenvalue weighted by Gasteiger charge is -2.11. The van der Waals surface area contributed by atoms with Crippen LogP contribution in [0.15, 0.2) is 78.0 Å². The Bertz CT molecular complexity index is 812. The molecule has 0 radical (unpaired) electrons. The van der Waals surface area contributed by atoms with Crippen LogP contribution in [0.2, 0.25) is 0 Å². The van der Waals surface area contributed by atoms with Gasteiger partial charge in [-0.3, -0.25) is 0 Å². The second-order valence-electron chi connectivity index (χ2n) is 5.18. The number of aromatic nitrogens is 1. The summed E-state index contributed by atoms with van der Waals surface area (Å²) in [4.78, 5) is 9.69. The largest absolute Gasteiger partial charge is 0.399 e. The summed E-state index contributed by atoms with van der Waals surface area (Å²) >= 11 is 0. The van der Waals surface area contributed by atoms with Crippen molar-refractivity contribution in [2.45, 2.75) is 6.92 Å². The zero-order valence-corrected chi connectivity index (χ0v) is 13.2. The number of benzene rings is 2. The van der Waals surface area contributed by atoms with E-state index >= 15 is 0 Å². The highest BCUT2D eigenvalue weighted by Gasteiger charge is 2.11. The summed E-state index contributed by atoms with van der Waals surface area (Å²) in [6, 6.07) is 24.5. The minimum absolute atomic E-state index is 0.754. The van der Waals surface area contributed by atoms with E-state index in [1.165, 1.54) is 0 Å². The van der Waals surface area contributed by atoms with Crippen molar-refractivity contribution in [3.8, 4) is 22.4 Å². The molecule has 0 amide bonds. The average molecular weight is 302 g/mol. The fourth-order valence-electron chi connectivity index (χ4n) is 2.51. The van der Waals surface area contributed by atoms with Crippen molar-refractivity contribution in [2.75, 3.05) is 7.11 Å². The predicted molar refractivity (Wildman–Crippen MR) is 94.3 cm³/mol. The smallest absolute Gasteiger partial charge is 0.106 e. The van der Waals surface area contributed by atoms with Crippen molar-refractivity contribution in [3.05, 3.63) is 78.5 Å². The molecule has 0 aliphatic rings. The normalized spacial score (nSPS) is 11.3. The van der Waals surface area contributed by atoms with Gasteiger partial charge in [0, 0.05) is 11.1 Å². The third-order valence-corrected chi connectivity index (χ3v) is 3.63. The standard InChI is InChI=1S/C20H18N2O/c1-15(22-23-2)19-14-13-18(16-9-5-3-6-10-16)20(21-19)17-11-7-4-8-12-17/h3-14H,1-2H3. The molecule has 0 atom stereocenters. The summed E-state index contributed by atoms with van der Waals surface area (Å²) in [6.45, 7) is 1.89. The maximum absolute atomic E-state index is 4.87. The van der Waals surface area contributed by atoms with Gasteiger partial charge in [-0.05, 0) is 24.6 Å². The number of rotatable bonds is 4. The molecule has 3 nitrogen and oxygen atoms in total. The molecule has 0 saturated heterocycles. The van der Waals surface area contributed by atoms with Gasteiger partial charge in [0.05, 0.1) is 11.4 Å². The molecule has 0 N–H and O–H groups in total. The van der Waals surface area contributed by atoms with Crippen LogP contribution in [0, 0.1) is 0 Å². The SMILES string of the molecule is CON=C(C)c1ccc(-c2ccccc2)c(-c2ccccc2)n1. The third-order valence-electron chi connectivity index (χ3n) is 3.63. The summed E-state index contributed by atoms with van der Waals surface area (Å²) in [6.07, 6.45) is 0. The molecule has 3 aromatic rings. The Hall–Kier alpha value is -2.94. The molecule has 0 spiro atoms. The van der Waals surface area contributed by atoms with E-state index in [1.54, 1.807) is 7.11 Å². The molecule has 3 heteroatoms. The van der Waals surface area contributed by atoms with Crippen LogP contribution in [0.5, 0.6) is 0 Å². The Morgan fingerprint density at radius 1 is 0.826 bits per heavy atom. The van der Waals surface area contributed by atoms with Gasteiger partial charge in [0.25, 0.3) is 0 Å². The molecule has 114 valence electrons. The first kappa shape index (κ1) is 15.0. The number of nitrogens with zero attached hydrogens (tertiary/aromatic N) is 2. The minimum Gasteiger partial charge on any atom is -0.399 e. The molecule has 2 aromatic carbocycles. The van der Waals surface area contributed by atoms with Gasteiger partial charge in [0.2, 0.25) is 0 Å². The highest BCUT2D eigenvalue weighted by molar-refractivity contribution is 5.98. The molecule has 1 heterocycles. The monoisotopic (exact) mass is 302 g/mol. The number of hydrogen-bond donors (Lipinski definition) is 0. The lowest BCUT2D eigenvalue weighted by atomic mass is 9.98. The summed E-state index contributed by atoms with van der Waals surface area (Å²) in [7, 11) is 1.54. The molecule has 23 heavy (non-hydrogen) atoms. The first-order valence-corrected chi connectivity index (χ1v) is 7.49. The van der Waals surface area contributed by atoms with E-state index in [1.807, 2.05) is 49.4 Å². The average Bonchev–Trinajstić information content (AvgIpc) is 2.63. The minimum atomic E-state index is 0.754. The Kier molecular flexibility index (Phi) is 4.48. The van der Waals surface area contributed by atoms with Crippen molar-refractivity contribution >= 4 is 5.71 Å². The molecule has 0 saturated carbocycles. The summed E-state index contributed by atoms with van der Waals surface area (Å²) in [5, 5.41) is 3.99. The van der Waals surface area contributed by atoms with Crippen LogP contribution in [-0.2, 0) is 4.84 Å². The van der Waals surface area contributed by atoms with Crippen molar-refractivity contribution in [3.63, 3.8) is 0 Å². The Morgan fingerprint density at radius 2 is 1.43 bits per heavy atom. The fraction of sp³-hybridized carbons (Fsp3) is 0.100. The van der Waals surface area contributed by atoms with Crippen LogP contribution < -0.4 is 0 Å². The van der Waals surface area contributed by atoms with E-state index in [-0.39, 0.29) is 0 Å². The van der Waals surface area contributed by atoms with Gasteiger partial charge in [-0.2, -0.15) is 0 Å². The van der Waals surface area contributed by atoms with Gasteiger partial charge >= 0.3 is 0 Å². The second-order valence-corrected chi connectivity index (χ2v) is 5.18. The van der Waals surface area contributed by atoms with Crippen LogP contribution in [0.4, 0.5) is 0 Å². The van der Waals surface area contributed by atoms with Gasteiger partial charge < -0.3 is 4.84 Å². The Labute approximate surface area is 136 Å².